The number of nitrogens with one attached hydrogen (secondary N) is 1. The number of piperidine rings is 1. The van der Waals surface area contributed by atoms with Gasteiger partial charge in [0, 0.05) is 37.9 Å². The van der Waals surface area contributed by atoms with Gasteiger partial charge in [0.05, 0.1) is 0 Å². The Morgan fingerprint density at radius 1 is 0.933 bits per heavy atom. The Labute approximate surface area is 189 Å². The van der Waals surface area contributed by atoms with E-state index in [-0.39, 0.29) is 24.7 Å². The Morgan fingerprint density at radius 3 is 2.23 bits per heavy atom. The topological polar surface area (TPSA) is 38.7 Å². The molecule has 2 heterocycles. The fourth-order valence-electron chi connectivity index (χ4n) is 5.92. The van der Waals surface area contributed by atoms with E-state index in [2.05, 4.69) is 60.2 Å². The molecule has 170 valence electrons. The Hall–Kier alpha value is -0.810. The second-order valence-corrected chi connectivity index (χ2v) is 10.6. The number of aliphatic hydroxyl groups is 1. The van der Waals surface area contributed by atoms with Gasteiger partial charge in [0.2, 0.25) is 0 Å². The molecule has 4 rings (SSSR count). The fraction of sp³-hybridized carbons (Fsp3) is 0.760. The van der Waals surface area contributed by atoms with Crippen LogP contribution in [-0.4, -0.2) is 55.0 Å². The number of piperazine rings is 1. The number of hydrogen-bond acceptors (Lipinski definition) is 4. The lowest BCUT2D eigenvalue weighted by Gasteiger charge is -2.44. The van der Waals surface area contributed by atoms with Gasteiger partial charge in [0.1, 0.15) is 6.23 Å². The van der Waals surface area contributed by atoms with Crippen molar-refractivity contribution in [3.63, 3.8) is 0 Å². The van der Waals surface area contributed by atoms with E-state index in [0.29, 0.717) is 11.3 Å². The first-order chi connectivity index (χ1) is 13.9. The third-order valence-electron chi connectivity index (χ3n) is 7.85. The lowest BCUT2D eigenvalue weighted by atomic mass is 9.68. The largest absolute Gasteiger partial charge is 0.377 e. The molecular weight excluding hydrogens is 394 g/mol. The number of anilines is 1. The van der Waals surface area contributed by atoms with Gasteiger partial charge in [-0.05, 0) is 74.0 Å². The highest BCUT2D eigenvalue weighted by molar-refractivity contribution is 5.85. The van der Waals surface area contributed by atoms with Crippen LogP contribution in [0.2, 0.25) is 0 Å². The van der Waals surface area contributed by atoms with Gasteiger partial charge in [0.25, 0.3) is 0 Å². The van der Waals surface area contributed by atoms with E-state index in [1.54, 1.807) is 5.56 Å². The Bertz CT molecular complexity index is 661. The predicted octanol–water partition coefficient (Wildman–Crippen LogP) is 4.62. The van der Waals surface area contributed by atoms with Crippen molar-refractivity contribution < 1.29 is 5.11 Å². The monoisotopic (exact) mass is 435 g/mol. The molecule has 2 N–H and O–H groups in total. The lowest BCUT2D eigenvalue weighted by molar-refractivity contribution is 0.00298. The van der Waals surface area contributed by atoms with Crippen LogP contribution in [-0.2, 0) is 0 Å². The van der Waals surface area contributed by atoms with Crippen LogP contribution in [0.4, 0.5) is 5.69 Å². The van der Waals surface area contributed by atoms with Gasteiger partial charge in [0.15, 0.2) is 0 Å². The zero-order chi connectivity index (χ0) is 20.4. The molecule has 2 saturated heterocycles. The van der Waals surface area contributed by atoms with Crippen molar-refractivity contribution in [2.24, 2.45) is 11.3 Å². The summed E-state index contributed by atoms with van der Waals surface area (Å²) in [5, 5.41) is 13.6. The van der Waals surface area contributed by atoms with Crippen LogP contribution in [0.25, 0.3) is 0 Å². The van der Waals surface area contributed by atoms with Gasteiger partial charge in [-0.3, -0.25) is 10.2 Å². The number of hydrogen-bond donors (Lipinski definition) is 2. The highest BCUT2D eigenvalue weighted by Gasteiger charge is 2.33. The minimum absolute atomic E-state index is 0. The molecule has 0 radical (unpaired) electrons. The molecule has 1 aliphatic carbocycles. The van der Waals surface area contributed by atoms with Crippen LogP contribution in [0.1, 0.15) is 70.8 Å². The summed E-state index contributed by atoms with van der Waals surface area (Å²) in [6, 6.07) is 9.46. The Kier molecular flexibility index (Phi) is 8.11. The first kappa shape index (κ1) is 23.8. The van der Waals surface area contributed by atoms with Gasteiger partial charge < -0.3 is 10.0 Å². The molecule has 2 aliphatic heterocycles. The minimum atomic E-state index is -0.361. The zero-order valence-electron chi connectivity index (χ0n) is 19.1. The summed E-state index contributed by atoms with van der Waals surface area (Å²) in [5.41, 5.74) is 3.49. The molecule has 1 saturated carbocycles. The quantitative estimate of drug-likeness (QED) is 0.726. The molecule has 1 aromatic rings. The SMILES string of the molecule is CC(C)(C)C1CCC(c2ccccc2N2CCN(C3CCCNC3O)CC2)CC1.Cl. The van der Waals surface area contributed by atoms with Crippen LogP contribution >= 0.6 is 12.4 Å². The van der Waals surface area contributed by atoms with Crippen molar-refractivity contribution in [2.75, 3.05) is 37.6 Å². The highest BCUT2D eigenvalue weighted by atomic mass is 35.5. The summed E-state index contributed by atoms with van der Waals surface area (Å²) in [6.45, 7) is 12.4. The fourth-order valence-corrected chi connectivity index (χ4v) is 5.92. The number of rotatable bonds is 3. The molecule has 2 atom stereocenters. The van der Waals surface area contributed by atoms with Crippen LogP contribution in [0, 0.1) is 11.3 Å². The van der Waals surface area contributed by atoms with E-state index in [4.69, 9.17) is 0 Å². The molecule has 30 heavy (non-hydrogen) atoms. The van der Waals surface area contributed by atoms with Crippen molar-refractivity contribution in [1.82, 2.24) is 10.2 Å². The molecule has 0 aromatic heterocycles. The van der Waals surface area contributed by atoms with E-state index in [9.17, 15) is 5.11 Å². The molecule has 2 unspecified atom stereocenters. The van der Waals surface area contributed by atoms with Crippen molar-refractivity contribution in [2.45, 2.75) is 77.5 Å². The van der Waals surface area contributed by atoms with E-state index in [0.717, 1.165) is 45.1 Å². The highest BCUT2D eigenvalue weighted by Crippen LogP contribution is 2.45. The third-order valence-corrected chi connectivity index (χ3v) is 7.85. The molecule has 1 aromatic carbocycles. The van der Waals surface area contributed by atoms with Crippen molar-refractivity contribution in [3.05, 3.63) is 29.8 Å². The normalized spacial score (nSPS) is 31.3. The van der Waals surface area contributed by atoms with Gasteiger partial charge in [-0.1, -0.05) is 39.0 Å². The minimum Gasteiger partial charge on any atom is -0.377 e. The summed E-state index contributed by atoms with van der Waals surface area (Å²) in [7, 11) is 0. The van der Waals surface area contributed by atoms with E-state index in [1.165, 1.54) is 37.8 Å². The van der Waals surface area contributed by atoms with Crippen LogP contribution in [0.15, 0.2) is 24.3 Å². The first-order valence-electron chi connectivity index (χ1n) is 11.9. The van der Waals surface area contributed by atoms with Crippen LogP contribution in [0.3, 0.4) is 0 Å². The zero-order valence-corrected chi connectivity index (χ0v) is 20.0. The van der Waals surface area contributed by atoms with Crippen molar-refractivity contribution in [1.29, 1.82) is 0 Å². The van der Waals surface area contributed by atoms with E-state index >= 15 is 0 Å². The molecule has 3 aliphatic rings. The van der Waals surface area contributed by atoms with Gasteiger partial charge in [-0.15, -0.1) is 12.4 Å². The first-order valence-corrected chi connectivity index (χ1v) is 11.9. The standard InChI is InChI=1S/C25H41N3O.ClH/c1-25(2,3)20-12-10-19(11-13-20)21-7-4-5-8-22(21)27-15-17-28(18-16-27)23-9-6-14-26-24(23)29;/h4-5,7-8,19-20,23-24,26,29H,6,9-18H2,1-3H3;1H. The summed E-state index contributed by atoms with van der Waals surface area (Å²) in [4.78, 5) is 5.11. The number of nitrogens with zero attached hydrogens (tertiary/aromatic N) is 2. The number of para-hydroxylation sites is 1. The average Bonchev–Trinajstić information content (AvgIpc) is 2.74. The van der Waals surface area contributed by atoms with E-state index < -0.39 is 0 Å². The van der Waals surface area contributed by atoms with E-state index in [1.807, 2.05) is 0 Å². The Morgan fingerprint density at radius 2 is 1.60 bits per heavy atom. The molecule has 0 bridgehead atoms. The van der Waals surface area contributed by atoms with Crippen LogP contribution < -0.4 is 10.2 Å². The third kappa shape index (κ3) is 5.32. The molecule has 5 heteroatoms. The average molecular weight is 436 g/mol. The number of aliphatic hydroxyl groups excluding tert-OH is 1. The maximum atomic E-state index is 10.3. The summed E-state index contributed by atoms with van der Waals surface area (Å²) >= 11 is 0. The van der Waals surface area contributed by atoms with Crippen LogP contribution in [0.5, 0.6) is 0 Å². The summed E-state index contributed by atoms with van der Waals surface area (Å²) in [6.07, 6.45) is 7.31. The predicted molar refractivity (Wildman–Crippen MR) is 129 cm³/mol. The number of benzene rings is 1. The molecule has 3 fully saturated rings. The molecule has 0 spiro atoms. The van der Waals surface area contributed by atoms with Crippen molar-refractivity contribution >= 4 is 18.1 Å². The summed E-state index contributed by atoms with van der Waals surface area (Å²) in [5.74, 6) is 1.58. The maximum absolute atomic E-state index is 10.3. The maximum Gasteiger partial charge on any atom is 0.120 e. The van der Waals surface area contributed by atoms with Gasteiger partial charge in [-0.2, -0.15) is 0 Å². The van der Waals surface area contributed by atoms with Crippen molar-refractivity contribution in [3.8, 4) is 0 Å². The molecule has 4 nitrogen and oxygen atoms in total. The Balaban J connectivity index is 0.00000256. The summed E-state index contributed by atoms with van der Waals surface area (Å²) < 4.78 is 0. The number of halogens is 1. The lowest BCUT2D eigenvalue weighted by Crippen LogP contribution is -2.58. The van der Waals surface area contributed by atoms with Gasteiger partial charge >= 0.3 is 0 Å². The smallest absolute Gasteiger partial charge is 0.120 e. The molecular formula is C25H42ClN3O. The second-order valence-electron chi connectivity index (χ2n) is 10.6. The second kappa shape index (κ2) is 10.2. The van der Waals surface area contributed by atoms with Gasteiger partial charge in [-0.25, -0.2) is 0 Å². The molecule has 0 amide bonds.